The smallest absolute Gasteiger partial charge is 0.243 e. The van der Waals surface area contributed by atoms with E-state index in [0.717, 1.165) is 38.6 Å². The van der Waals surface area contributed by atoms with Gasteiger partial charge in [0, 0.05) is 32.1 Å². The monoisotopic (exact) mass is 365 g/mol. The van der Waals surface area contributed by atoms with Gasteiger partial charge in [-0.2, -0.15) is 0 Å². The second-order valence-corrected chi connectivity index (χ2v) is 7.51. The normalized spacial score (nSPS) is 16.7. The average Bonchev–Trinajstić information content (AvgIpc) is 3.30. The number of aliphatic imine (C=N–C) groups is 1. The first-order valence-corrected chi connectivity index (χ1v) is 9.99. The van der Waals surface area contributed by atoms with Crippen LogP contribution in [0, 0.1) is 0 Å². The molecule has 0 bridgehead atoms. The predicted molar refractivity (Wildman–Crippen MR) is 105 cm³/mol. The molecule has 7 heteroatoms. The number of likely N-dealkylation sites (N-methyl/N-ethyl adjacent to an activating group) is 1. The number of nitrogens with one attached hydrogen (secondary N) is 2. The number of likely N-dealkylation sites (tertiary alicyclic amines) is 1. The summed E-state index contributed by atoms with van der Waals surface area (Å²) in [6.45, 7) is 6.23. The second-order valence-electron chi connectivity index (χ2n) is 6.53. The zero-order valence-electron chi connectivity index (χ0n) is 15.6. The Morgan fingerprint density at radius 2 is 2.12 bits per heavy atom. The summed E-state index contributed by atoms with van der Waals surface area (Å²) in [5.41, 5.74) is 0. The van der Waals surface area contributed by atoms with E-state index in [0.29, 0.717) is 6.04 Å². The van der Waals surface area contributed by atoms with Gasteiger partial charge in [-0.15, -0.1) is 11.3 Å². The molecule has 1 aromatic rings. The highest BCUT2D eigenvalue weighted by Crippen LogP contribution is 2.27. The van der Waals surface area contributed by atoms with E-state index in [1.54, 1.807) is 30.3 Å². The van der Waals surface area contributed by atoms with Gasteiger partial charge in [-0.1, -0.05) is 13.0 Å². The molecule has 1 amide bonds. The van der Waals surface area contributed by atoms with E-state index in [-0.39, 0.29) is 12.5 Å². The van der Waals surface area contributed by atoms with E-state index in [1.807, 2.05) is 0 Å². The summed E-state index contributed by atoms with van der Waals surface area (Å²) in [4.78, 5) is 21.8. The number of rotatable bonds is 8. The summed E-state index contributed by atoms with van der Waals surface area (Å²) in [6.07, 6.45) is 3.56. The van der Waals surface area contributed by atoms with Crippen molar-refractivity contribution in [1.82, 2.24) is 20.4 Å². The van der Waals surface area contributed by atoms with Crippen LogP contribution in [-0.4, -0.2) is 68.5 Å². The average molecular weight is 366 g/mol. The molecular weight excluding hydrogens is 334 g/mol. The van der Waals surface area contributed by atoms with E-state index in [9.17, 15) is 4.79 Å². The first-order chi connectivity index (χ1) is 12.1. The molecule has 140 valence electrons. The molecule has 1 atom stereocenters. The number of guanidine groups is 1. The predicted octanol–water partition coefficient (Wildman–Crippen LogP) is 1.92. The Hall–Kier alpha value is -1.60. The minimum atomic E-state index is 0.00643. The van der Waals surface area contributed by atoms with Crippen molar-refractivity contribution in [3.63, 3.8) is 0 Å². The van der Waals surface area contributed by atoms with Crippen molar-refractivity contribution < 1.29 is 4.79 Å². The van der Waals surface area contributed by atoms with Crippen molar-refractivity contribution in [1.29, 1.82) is 0 Å². The summed E-state index contributed by atoms with van der Waals surface area (Å²) >= 11 is 1.81. The SMILES string of the molecule is CCCNC(=NCC(=O)N(C)C)NCC(c1cccs1)N1CCCC1. The molecule has 1 aliphatic heterocycles. The summed E-state index contributed by atoms with van der Waals surface area (Å²) in [6, 6.07) is 4.69. The second kappa shape index (κ2) is 10.4. The Morgan fingerprint density at radius 1 is 1.36 bits per heavy atom. The van der Waals surface area contributed by atoms with Crippen LogP contribution in [0.3, 0.4) is 0 Å². The van der Waals surface area contributed by atoms with E-state index in [2.05, 4.69) is 45.0 Å². The Morgan fingerprint density at radius 3 is 2.72 bits per heavy atom. The molecule has 2 N–H and O–H groups in total. The zero-order valence-corrected chi connectivity index (χ0v) is 16.4. The van der Waals surface area contributed by atoms with Crippen LogP contribution in [-0.2, 0) is 4.79 Å². The summed E-state index contributed by atoms with van der Waals surface area (Å²) < 4.78 is 0. The summed E-state index contributed by atoms with van der Waals surface area (Å²) in [5, 5.41) is 8.89. The zero-order chi connectivity index (χ0) is 18.1. The highest BCUT2D eigenvalue weighted by molar-refractivity contribution is 7.10. The molecule has 2 heterocycles. The Labute approximate surface area is 155 Å². The van der Waals surface area contributed by atoms with Gasteiger partial charge in [0.15, 0.2) is 5.96 Å². The van der Waals surface area contributed by atoms with Crippen molar-refractivity contribution in [2.75, 3.05) is 46.8 Å². The Bertz CT molecular complexity index is 538. The third kappa shape index (κ3) is 6.32. The van der Waals surface area contributed by atoms with Crippen LogP contribution in [0.1, 0.15) is 37.1 Å². The Kier molecular flexibility index (Phi) is 8.21. The molecule has 0 radical (unpaired) electrons. The maximum absolute atomic E-state index is 11.8. The van der Waals surface area contributed by atoms with Gasteiger partial charge in [-0.05, 0) is 43.8 Å². The minimum Gasteiger partial charge on any atom is -0.356 e. The summed E-state index contributed by atoms with van der Waals surface area (Å²) in [5.74, 6) is 0.727. The van der Waals surface area contributed by atoms with Crippen LogP contribution in [0.5, 0.6) is 0 Å². The number of nitrogens with zero attached hydrogens (tertiary/aromatic N) is 3. The molecule has 1 unspecified atom stereocenters. The molecule has 0 spiro atoms. The quantitative estimate of drug-likeness (QED) is 0.546. The van der Waals surface area contributed by atoms with E-state index in [4.69, 9.17) is 0 Å². The molecule has 0 aromatic carbocycles. The molecule has 1 saturated heterocycles. The van der Waals surface area contributed by atoms with E-state index < -0.39 is 0 Å². The van der Waals surface area contributed by atoms with Crippen molar-refractivity contribution >= 4 is 23.2 Å². The molecule has 6 nitrogen and oxygen atoms in total. The molecule has 1 fully saturated rings. The summed E-state index contributed by atoms with van der Waals surface area (Å²) in [7, 11) is 3.51. The molecule has 0 saturated carbocycles. The fraction of sp³-hybridized carbons (Fsp3) is 0.667. The lowest BCUT2D eigenvalue weighted by Crippen LogP contribution is -2.43. The molecule has 1 aliphatic rings. The van der Waals surface area contributed by atoms with Gasteiger partial charge in [0.05, 0.1) is 6.04 Å². The van der Waals surface area contributed by atoms with Gasteiger partial charge in [-0.3, -0.25) is 9.69 Å². The highest BCUT2D eigenvalue weighted by Gasteiger charge is 2.24. The van der Waals surface area contributed by atoms with Crippen LogP contribution < -0.4 is 10.6 Å². The van der Waals surface area contributed by atoms with Gasteiger partial charge < -0.3 is 15.5 Å². The lowest BCUT2D eigenvalue weighted by atomic mass is 10.2. The van der Waals surface area contributed by atoms with Crippen LogP contribution in [0.15, 0.2) is 22.5 Å². The Balaban J connectivity index is 2.00. The van der Waals surface area contributed by atoms with Gasteiger partial charge in [0.2, 0.25) is 5.91 Å². The van der Waals surface area contributed by atoms with Crippen LogP contribution in [0.4, 0.5) is 0 Å². The largest absolute Gasteiger partial charge is 0.356 e. The lowest BCUT2D eigenvalue weighted by Gasteiger charge is -2.27. The third-order valence-corrected chi connectivity index (χ3v) is 5.30. The van der Waals surface area contributed by atoms with Crippen molar-refractivity contribution in [2.45, 2.75) is 32.2 Å². The third-order valence-electron chi connectivity index (χ3n) is 4.33. The fourth-order valence-corrected chi connectivity index (χ4v) is 3.70. The number of carbonyl (C=O) groups excluding carboxylic acids is 1. The number of amides is 1. The molecule has 25 heavy (non-hydrogen) atoms. The number of hydrogen-bond donors (Lipinski definition) is 2. The highest BCUT2D eigenvalue weighted by atomic mass is 32.1. The van der Waals surface area contributed by atoms with E-state index in [1.165, 1.54) is 17.7 Å². The van der Waals surface area contributed by atoms with Crippen LogP contribution in [0.2, 0.25) is 0 Å². The molecule has 2 rings (SSSR count). The maximum Gasteiger partial charge on any atom is 0.243 e. The maximum atomic E-state index is 11.8. The molecular formula is C18H31N5OS. The topological polar surface area (TPSA) is 60.0 Å². The van der Waals surface area contributed by atoms with Crippen molar-refractivity contribution in [2.24, 2.45) is 4.99 Å². The van der Waals surface area contributed by atoms with Crippen molar-refractivity contribution in [3.05, 3.63) is 22.4 Å². The number of thiophene rings is 1. The molecule has 0 aliphatic carbocycles. The first-order valence-electron chi connectivity index (χ1n) is 9.11. The minimum absolute atomic E-state index is 0.00643. The number of carbonyl (C=O) groups is 1. The first kappa shape index (κ1) is 19.7. The van der Waals surface area contributed by atoms with Crippen LogP contribution in [0.25, 0.3) is 0 Å². The van der Waals surface area contributed by atoms with Gasteiger partial charge in [0.25, 0.3) is 0 Å². The lowest BCUT2D eigenvalue weighted by molar-refractivity contribution is -0.127. The number of hydrogen-bond acceptors (Lipinski definition) is 4. The van der Waals surface area contributed by atoms with Crippen LogP contribution >= 0.6 is 11.3 Å². The van der Waals surface area contributed by atoms with Gasteiger partial charge >= 0.3 is 0 Å². The van der Waals surface area contributed by atoms with Gasteiger partial charge in [0.1, 0.15) is 6.54 Å². The standard InChI is InChI=1S/C18H31N5OS/c1-4-9-19-18(21-14-17(24)22(2)3)20-13-15(16-8-7-12-25-16)23-10-5-6-11-23/h7-8,12,15H,4-6,9-11,13-14H2,1-3H3,(H2,19,20,21). The van der Waals surface area contributed by atoms with Gasteiger partial charge in [-0.25, -0.2) is 4.99 Å². The van der Waals surface area contributed by atoms with E-state index >= 15 is 0 Å². The molecule has 1 aromatic heterocycles. The fourth-order valence-electron chi connectivity index (χ4n) is 2.84. The van der Waals surface area contributed by atoms with Crippen molar-refractivity contribution in [3.8, 4) is 0 Å².